The molecule has 0 spiro atoms. The summed E-state index contributed by atoms with van der Waals surface area (Å²) in [6.07, 6.45) is 0. The van der Waals surface area contributed by atoms with Gasteiger partial charge < -0.3 is 14.8 Å². The SMILES string of the molecule is CCOc1ccc(C(C)NC(=O)CSc2nnc(C)n2-c2cc(C)ccc2C)cc1OCC. The van der Waals surface area contributed by atoms with E-state index in [0.717, 1.165) is 28.2 Å². The van der Waals surface area contributed by atoms with Crippen molar-refractivity contribution in [1.29, 1.82) is 0 Å². The highest BCUT2D eigenvalue weighted by Crippen LogP contribution is 2.31. The summed E-state index contributed by atoms with van der Waals surface area (Å²) in [5, 5.41) is 12.3. The summed E-state index contributed by atoms with van der Waals surface area (Å²) in [5.41, 5.74) is 4.28. The molecule has 3 aromatic rings. The average molecular weight is 469 g/mol. The molecule has 176 valence electrons. The molecule has 1 aromatic heterocycles. The van der Waals surface area contributed by atoms with Gasteiger partial charge in [-0.2, -0.15) is 0 Å². The van der Waals surface area contributed by atoms with Gasteiger partial charge in [-0.15, -0.1) is 10.2 Å². The number of thioether (sulfide) groups is 1. The van der Waals surface area contributed by atoms with Crippen LogP contribution in [0.3, 0.4) is 0 Å². The molecule has 0 bridgehead atoms. The fourth-order valence-electron chi connectivity index (χ4n) is 3.51. The molecule has 33 heavy (non-hydrogen) atoms. The van der Waals surface area contributed by atoms with Crippen LogP contribution in [-0.4, -0.2) is 39.6 Å². The molecule has 2 aromatic carbocycles. The second kappa shape index (κ2) is 11.2. The lowest BCUT2D eigenvalue weighted by Gasteiger charge is -2.17. The average Bonchev–Trinajstić information content (AvgIpc) is 3.15. The van der Waals surface area contributed by atoms with Crippen molar-refractivity contribution >= 4 is 17.7 Å². The molecule has 8 heteroatoms. The number of carbonyl (C=O) groups excluding carboxylic acids is 1. The van der Waals surface area contributed by atoms with Gasteiger partial charge in [0.15, 0.2) is 16.7 Å². The van der Waals surface area contributed by atoms with Crippen LogP contribution in [0.15, 0.2) is 41.6 Å². The van der Waals surface area contributed by atoms with E-state index in [2.05, 4.69) is 47.6 Å². The van der Waals surface area contributed by atoms with Gasteiger partial charge in [-0.05, 0) is 76.4 Å². The number of benzene rings is 2. The molecule has 1 atom stereocenters. The zero-order valence-corrected chi connectivity index (χ0v) is 21.0. The molecule has 3 rings (SSSR count). The van der Waals surface area contributed by atoms with E-state index in [1.54, 1.807) is 0 Å². The fourth-order valence-corrected chi connectivity index (χ4v) is 4.31. The minimum atomic E-state index is -0.174. The summed E-state index contributed by atoms with van der Waals surface area (Å²) >= 11 is 1.38. The lowest BCUT2D eigenvalue weighted by atomic mass is 10.1. The molecule has 0 radical (unpaired) electrons. The first kappa shape index (κ1) is 24.6. The molecular formula is C25H32N4O3S. The van der Waals surface area contributed by atoms with Gasteiger partial charge in [-0.1, -0.05) is 30.0 Å². The van der Waals surface area contributed by atoms with Crippen LogP contribution in [0.4, 0.5) is 0 Å². The van der Waals surface area contributed by atoms with Crippen LogP contribution in [0.2, 0.25) is 0 Å². The van der Waals surface area contributed by atoms with Crippen molar-refractivity contribution in [1.82, 2.24) is 20.1 Å². The lowest BCUT2D eigenvalue weighted by Crippen LogP contribution is -2.28. The molecule has 1 unspecified atom stereocenters. The largest absolute Gasteiger partial charge is 0.490 e. The second-order valence-electron chi connectivity index (χ2n) is 7.81. The van der Waals surface area contributed by atoms with E-state index in [9.17, 15) is 4.79 Å². The fraction of sp³-hybridized carbons (Fsp3) is 0.400. The van der Waals surface area contributed by atoms with Gasteiger partial charge >= 0.3 is 0 Å². The number of hydrogen-bond acceptors (Lipinski definition) is 6. The predicted octanol–water partition coefficient (Wildman–Crippen LogP) is 4.96. The predicted molar refractivity (Wildman–Crippen MR) is 132 cm³/mol. The van der Waals surface area contributed by atoms with Crippen LogP contribution in [0.25, 0.3) is 5.69 Å². The Morgan fingerprint density at radius 2 is 1.76 bits per heavy atom. The maximum absolute atomic E-state index is 12.7. The van der Waals surface area contributed by atoms with Crippen molar-refractivity contribution in [3.63, 3.8) is 0 Å². The first-order valence-corrected chi connectivity index (χ1v) is 12.1. The quantitative estimate of drug-likeness (QED) is 0.424. The van der Waals surface area contributed by atoms with E-state index in [1.807, 2.05) is 50.5 Å². The summed E-state index contributed by atoms with van der Waals surface area (Å²) in [6.45, 7) is 13.0. The van der Waals surface area contributed by atoms with Crippen molar-refractivity contribution in [2.45, 2.75) is 52.7 Å². The van der Waals surface area contributed by atoms with Crippen molar-refractivity contribution in [3.05, 3.63) is 58.9 Å². The topological polar surface area (TPSA) is 78.3 Å². The second-order valence-corrected chi connectivity index (χ2v) is 8.75. The number of nitrogens with one attached hydrogen (secondary N) is 1. The van der Waals surface area contributed by atoms with Crippen molar-refractivity contribution in [2.24, 2.45) is 0 Å². The third kappa shape index (κ3) is 6.07. The van der Waals surface area contributed by atoms with Crippen LogP contribution in [0, 0.1) is 20.8 Å². The Balaban J connectivity index is 1.68. The number of amides is 1. The summed E-state index contributed by atoms with van der Waals surface area (Å²) in [4.78, 5) is 12.7. The smallest absolute Gasteiger partial charge is 0.230 e. The molecule has 0 saturated heterocycles. The molecule has 0 aliphatic rings. The number of aromatic nitrogens is 3. The zero-order valence-electron chi connectivity index (χ0n) is 20.1. The van der Waals surface area contributed by atoms with Crippen LogP contribution in [-0.2, 0) is 4.79 Å². The molecular weight excluding hydrogens is 436 g/mol. The number of hydrogen-bond donors (Lipinski definition) is 1. The summed E-state index contributed by atoms with van der Waals surface area (Å²) in [7, 11) is 0. The maximum Gasteiger partial charge on any atom is 0.230 e. The molecule has 0 aliphatic heterocycles. The Labute approximate surface area is 199 Å². The maximum atomic E-state index is 12.7. The number of rotatable bonds is 10. The Hall–Kier alpha value is -3.00. The molecule has 0 fully saturated rings. The van der Waals surface area contributed by atoms with E-state index < -0.39 is 0 Å². The number of aryl methyl sites for hydroxylation is 3. The van der Waals surface area contributed by atoms with Gasteiger partial charge in [0.25, 0.3) is 0 Å². The Morgan fingerprint density at radius 3 is 2.48 bits per heavy atom. The minimum absolute atomic E-state index is 0.0764. The first-order chi connectivity index (χ1) is 15.8. The highest BCUT2D eigenvalue weighted by atomic mass is 32.2. The van der Waals surface area contributed by atoms with Crippen molar-refractivity contribution in [2.75, 3.05) is 19.0 Å². The number of nitrogens with zero attached hydrogens (tertiary/aromatic N) is 3. The van der Waals surface area contributed by atoms with Gasteiger partial charge in [-0.25, -0.2) is 0 Å². The van der Waals surface area contributed by atoms with Crippen LogP contribution in [0.1, 0.15) is 49.3 Å². The molecule has 1 heterocycles. The van der Waals surface area contributed by atoms with E-state index in [4.69, 9.17) is 9.47 Å². The monoisotopic (exact) mass is 468 g/mol. The number of carbonyl (C=O) groups is 1. The molecule has 1 N–H and O–H groups in total. The van der Waals surface area contributed by atoms with Gasteiger partial charge in [0.05, 0.1) is 30.7 Å². The highest BCUT2D eigenvalue weighted by Gasteiger charge is 2.17. The molecule has 0 aliphatic carbocycles. The van der Waals surface area contributed by atoms with Gasteiger partial charge in [0.1, 0.15) is 5.82 Å². The van der Waals surface area contributed by atoms with E-state index in [-0.39, 0.29) is 17.7 Å². The van der Waals surface area contributed by atoms with E-state index in [1.165, 1.54) is 11.8 Å². The molecule has 1 amide bonds. The Kier molecular flexibility index (Phi) is 8.38. The minimum Gasteiger partial charge on any atom is -0.490 e. The summed E-state index contributed by atoms with van der Waals surface area (Å²) < 4.78 is 13.3. The third-order valence-electron chi connectivity index (χ3n) is 5.18. The first-order valence-electron chi connectivity index (χ1n) is 11.1. The number of ether oxygens (including phenoxy) is 2. The van der Waals surface area contributed by atoms with E-state index in [0.29, 0.717) is 29.9 Å². The zero-order chi connectivity index (χ0) is 24.0. The summed E-state index contributed by atoms with van der Waals surface area (Å²) in [5.74, 6) is 2.34. The third-order valence-corrected chi connectivity index (χ3v) is 6.11. The Morgan fingerprint density at radius 1 is 1.03 bits per heavy atom. The Bertz CT molecular complexity index is 1110. The van der Waals surface area contributed by atoms with Crippen molar-refractivity contribution in [3.8, 4) is 17.2 Å². The summed E-state index contributed by atoms with van der Waals surface area (Å²) in [6, 6.07) is 11.9. The van der Waals surface area contributed by atoms with Crippen LogP contribution >= 0.6 is 11.8 Å². The lowest BCUT2D eigenvalue weighted by molar-refractivity contribution is -0.119. The normalized spacial score (nSPS) is 11.8. The van der Waals surface area contributed by atoms with Gasteiger partial charge in [-0.3, -0.25) is 9.36 Å². The van der Waals surface area contributed by atoms with Gasteiger partial charge in [0, 0.05) is 0 Å². The highest BCUT2D eigenvalue weighted by molar-refractivity contribution is 7.99. The van der Waals surface area contributed by atoms with E-state index >= 15 is 0 Å². The van der Waals surface area contributed by atoms with Crippen LogP contribution < -0.4 is 14.8 Å². The molecule has 7 nitrogen and oxygen atoms in total. The van der Waals surface area contributed by atoms with Crippen molar-refractivity contribution < 1.29 is 14.3 Å². The van der Waals surface area contributed by atoms with Crippen LogP contribution in [0.5, 0.6) is 11.5 Å². The van der Waals surface area contributed by atoms with Gasteiger partial charge in [0.2, 0.25) is 5.91 Å². The standard InChI is InChI=1S/C25H32N4O3S/c1-7-31-22-12-11-20(14-23(22)32-8-2)18(5)26-24(30)15-33-25-28-27-19(6)29(25)21-13-16(3)9-10-17(21)4/h9-14,18H,7-8,15H2,1-6H3,(H,26,30). The molecule has 0 saturated carbocycles.